The zero-order chi connectivity index (χ0) is 14.7. The molecule has 1 unspecified atom stereocenters. The van der Waals surface area contributed by atoms with Crippen LogP contribution >= 0.6 is 50.1 Å². The minimum atomic E-state index is -0.383. The van der Waals surface area contributed by atoms with Crippen molar-refractivity contribution in [2.75, 3.05) is 7.05 Å². The summed E-state index contributed by atoms with van der Waals surface area (Å²) in [5, 5.41) is 3.46. The average Bonchev–Trinajstić information content (AvgIpc) is 2.43. The van der Waals surface area contributed by atoms with Gasteiger partial charge in [-0.05, 0) is 77.5 Å². The van der Waals surface area contributed by atoms with Crippen LogP contribution < -0.4 is 5.32 Å². The Morgan fingerprint density at radius 1 is 1.30 bits per heavy atom. The van der Waals surface area contributed by atoms with E-state index in [2.05, 4.69) is 56.0 Å². The maximum atomic E-state index is 13.2. The lowest BCUT2D eigenvalue weighted by Gasteiger charge is -2.19. The highest BCUT2D eigenvalue weighted by Gasteiger charge is 2.14. The molecule has 0 aromatic heterocycles. The Hall–Kier alpha value is -0.170. The summed E-state index contributed by atoms with van der Waals surface area (Å²) in [6, 6.07) is 11.2. The summed E-state index contributed by atoms with van der Waals surface area (Å²) in [4.78, 5) is 0. The summed E-state index contributed by atoms with van der Waals surface area (Å²) in [7, 11) is 1.92. The van der Waals surface area contributed by atoms with Gasteiger partial charge in [0, 0.05) is 14.1 Å². The minimum Gasteiger partial charge on any atom is -0.313 e. The summed E-state index contributed by atoms with van der Waals surface area (Å²) >= 11 is 11.7. The van der Waals surface area contributed by atoms with Crippen LogP contribution in [-0.2, 0) is 6.42 Å². The Morgan fingerprint density at radius 3 is 2.70 bits per heavy atom. The first-order valence-corrected chi connectivity index (χ1v) is 8.32. The van der Waals surface area contributed by atoms with Crippen LogP contribution in [0.15, 0.2) is 40.9 Å². The van der Waals surface area contributed by atoms with E-state index >= 15 is 0 Å². The predicted molar refractivity (Wildman–Crippen MR) is 93.8 cm³/mol. The van der Waals surface area contributed by atoms with Crippen LogP contribution in [0.2, 0.25) is 5.02 Å². The summed E-state index contributed by atoms with van der Waals surface area (Å²) in [6.45, 7) is 0. The Bertz CT molecular complexity index is 621. The van der Waals surface area contributed by atoms with E-state index in [4.69, 9.17) is 11.6 Å². The third-order valence-electron chi connectivity index (χ3n) is 3.11. The molecule has 0 aliphatic carbocycles. The van der Waals surface area contributed by atoms with Crippen LogP contribution in [-0.4, -0.2) is 7.05 Å². The maximum absolute atomic E-state index is 13.2. The van der Waals surface area contributed by atoms with Crippen LogP contribution in [0.4, 0.5) is 4.39 Å². The monoisotopic (exact) mass is 467 g/mol. The number of halogens is 4. The highest BCUT2D eigenvalue weighted by molar-refractivity contribution is 14.1. The van der Waals surface area contributed by atoms with E-state index in [0.717, 1.165) is 16.5 Å². The second-order valence-electron chi connectivity index (χ2n) is 4.46. The lowest BCUT2D eigenvalue weighted by molar-refractivity contribution is 0.586. The molecule has 1 nitrogen and oxygen atoms in total. The molecule has 0 bridgehead atoms. The Balaban J connectivity index is 2.28. The largest absolute Gasteiger partial charge is 0.313 e. The number of nitrogens with one attached hydrogen (secondary N) is 1. The molecule has 5 heteroatoms. The van der Waals surface area contributed by atoms with Crippen molar-refractivity contribution in [3.05, 3.63) is 66.4 Å². The number of hydrogen-bond acceptors (Lipinski definition) is 1. The molecule has 1 atom stereocenters. The zero-order valence-electron chi connectivity index (χ0n) is 10.8. The number of rotatable bonds is 4. The van der Waals surface area contributed by atoms with E-state index < -0.39 is 0 Å². The van der Waals surface area contributed by atoms with Gasteiger partial charge < -0.3 is 5.32 Å². The van der Waals surface area contributed by atoms with Gasteiger partial charge in [-0.1, -0.05) is 33.6 Å². The molecule has 1 N–H and O–H groups in total. The standard InChI is InChI=1S/C15H13BrClFIN/c1-20-15(11-8-10(19)3-4-12(11)16)7-9-2-5-14(18)13(17)6-9/h2-6,8,15,20H,7H2,1H3. The second kappa shape index (κ2) is 7.20. The fourth-order valence-corrected chi connectivity index (χ4v) is 3.29. The Labute approximate surface area is 145 Å². The summed E-state index contributed by atoms with van der Waals surface area (Å²) in [6.07, 6.45) is 0.745. The van der Waals surface area contributed by atoms with Crippen LogP contribution in [0.3, 0.4) is 0 Å². The van der Waals surface area contributed by atoms with Gasteiger partial charge in [0.1, 0.15) is 5.82 Å². The fourth-order valence-electron chi connectivity index (χ4n) is 2.05. The highest BCUT2D eigenvalue weighted by Crippen LogP contribution is 2.28. The van der Waals surface area contributed by atoms with E-state index in [9.17, 15) is 4.39 Å². The van der Waals surface area contributed by atoms with Crippen LogP contribution in [0.1, 0.15) is 17.2 Å². The molecule has 2 aromatic rings. The van der Waals surface area contributed by atoms with E-state index in [1.165, 1.54) is 15.2 Å². The Kier molecular flexibility index (Phi) is 5.84. The first-order chi connectivity index (χ1) is 9.51. The Morgan fingerprint density at radius 2 is 2.05 bits per heavy atom. The molecular formula is C15H13BrClFIN. The van der Waals surface area contributed by atoms with Crippen molar-refractivity contribution in [2.45, 2.75) is 12.5 Å². The van der Waals surface area contributed by atoms with Gasteiger partial charge in [-0.2, -0.15) is 0 Å². The fraction of sp³-hybridized carbons (Fsp3) is 0.200. The van der Waals surface area contributed by atoms with Crippen LogP contribution in [0.5, 0.6) is 0 Å². The normalized spacial score (nSPS) is 12.4. The van der Waals surface area contributed by atoms with Crippen molar-refractivity contribution in [3.63, 3.8) is 0 Å². The lowest BCUT2D eigenvalue weighted by Crippen LogP contribution is -2.19. The van der Waals surface area contributed by atoms with Crippen LogP contribution in [0, 0.1) is 9.39 Å². The molecule has 20 heavy (non-hydrogen) atoms. The van der Waals surface area contributed by atoms with Gasteiger partial charge >= 0.3 is 0 Å². The van der Waals surface area contributed by atoms with Gasteiger partial charge in [0.15, 0.2) is 0 Å². The van der Waals surface area contributed by atoms with E-state index in [1.807, 2.05) is 13.1 Å². The van der Waals surface area contributed by atoms with Gasteiger partial charge in [0.05, 0.1) is 5.02 Å². The quantitative estimate of drug-likeness (QED) is 0.597. The molecule has 0 aliphatic heterocycles. The SMILES string of the molecule is CNC(Cc1ccc(F)c(Cl)c1)c1cc(I)ccc1Br. The zero-order valence-corrected chi connectivity index (χ0v) is 15.3. The minimum absolute atomic E-state index is 0.139. The van der Waals surface area contributed by atoms with E-state index in [0.29, 0.717) is 0 Å². The number of likely N-dealkylation sites (N-methyl/N-ethyl adjacent to an activating group) is 1. The van der Waals surface area contributed by atoms with Gasteiger partial charge in [0.2, 0.25) is 0 Å². The predicted octanol–water partition coefficient (Wildman–Crippen LogP) is 5.35. The molecule has 0 aliphatic rings. The van der Waals surface area contributed by atoms with E-state index in [1.54, 1.807) is 12.1 Å². The molecule has 0 saturated heterocycles. The van der Waals surface area contributed by atoms with Gasteiger partial charge in [0.25, 0.3) is 0 Å². The molecule has 106 valence electrons. The molecule has 2 aromatic carbocycles. The van der Waals surface area contributed by atoms with Gasteiger partial charge in [-0.3, -0.25) is 0 Å². The summed E-state index contributed by atoms with van der Waals surface area (Å²) in [5.74, 6) is -0.383. The molecule has 2 rings (SSSR count). The first kappa shape index (κ1) is 16.2. The molecule has 0 saturated carbocycles. The molecule has 0 radical (unpaired) electrons. The third kappa shape index (κ3) is 3.93. The molecule has 0 spiro atoms. The van der Waals surface area contributed by atoms with Crippen LogP contribution in [0.25, 0.3) is 0 Å². The van der Waals surface area contributed by atoms with Crippen molar-refractivity contribution in [3.8, 4) is 0 Å². The van der Waals surface area contributed by atoms with Crippen molar-refractivity contribution in [2.24, 2.45) is 0 Å². The average molecular weight is 469 g/mol. The number of benzene rings is 2. The van der Waals surface area contributed by atoms with Gasteiger partial charge in [-0.25, -0.2) is 4.39 Å². The maximum Gasteiger partial charge on any atom is 0.141 e. The van der Waals surface area contributed by atoms with Crippen molar-refractivity contribution < 1.29 is 4.39 Å². The van der Waals surface area contributed by atoms with Crippen molar-refractivity contribution in [1.29, 1.82) is 0 Å². The first-order valence-electron chi connectivity index (χ1n) is 6.07. The number of hydrogen-bond donors (Lipinski definition) is 1. The highest BCUT2D eigenvalue weighted by atomic mass is 127. The van der Waals surface area contributed by atoms with E-state index in [-0.39, 0.29) is 16.9 Å². The molecular weight excluding hydrogens is 455 g/mol. The topological polar surface area (TPSA) is 12.0 Å². The van der Waals surface area contributed by atoms with Gasteiger partial charge in [-0.15, -0.1) is 0 Å². The summed E-state index contributed by atoms with van der Waals surface area (Å²) in [5.41, 5.74) is 2.18. The second-order valence-corrected chi connectivity index (χ2v) is 6.97. The summed E-state index contributed by atoms with van der Waals surface area (Å²) < 4.78 is 15.4. The third-order valence-corrected chi connectivity index (χ3v) is 4.79. The smallest absolute Gasteiger partial charge is 0.141 e. The molecule has 0 heterocycles. The lowest BCUT2D eigenvalue weighted by atomic mass is 9.99. The molecule has 0 amide bonds. The molecule has 0 fully saturated rings. The van der Waals surface area contributed by atoms with Crippen molar-refractivity contribution in [1.82, 2.24) is 5.32 Å². The van der Waals surface area contributed by atoms with Crippen molar-refractivity contribution >= 4 is 50.1 Å².